The van der Waals surface area contributed by atoms with Gasteiger partial charge in [0.15, 0.2) is 0 Å². The lowest BCUT2D eigenvalue weighted by molar-refractivity contribution is -0.120. The van der Waals surface area contributed by atoms with E-state index in [1.165, 1.54) is 11.3 Å². The molecule has 3 heteroatoms. The molecule has 0 saturated carbocycles. The van der Waals surface area contributed by atoms with E-state index in [0.29, 0.717) is 6.42 Å². The van der Waals surface area contributed by atoms with Crippen LogP contribution in [0.3, 0.4) is 0 Å². The van der Waals surface area contributed by atoms with Gasteiger partial charge in [0, 0.05) is 24.7 Å². The molecule has 1 fully saturated rings. The molecule has 1 aromatic rings. The molecule has 92 valence electrons. The molecule has 1 aliphatic heterocycles. The topological polar surface area (TPSA) is 41.1 Å². The van der Waals surface area contributed by atoms with Crippen molar-refractivity contribution < 1.29 is 4.79 Å². The standard InChI is InChI=1S/C14H20N2O/c1-2-11-6-3-4-8-13(11)16-12-7-5-9-15-14(17)10-12/h3-4,6,8,12,16H,2,5,7,9-10H2,1H3,(H,15,17). The lowest BCUT2D eigenvalue weighted by Gasteiger charge is -2.18. The minimum Gasteiger partial charge on any atom is -0.382 e. The van der Waals surface area contributed by atoms with Gasteiger partial charge in [-0.05, 0) is 30.9 Å². The fourth-order valence-electron chi connectivity index (χ4n) is 2.29. The van der Waals surface area contributed by atoms with E-state index < -0.39 is 0 Å². The van der Waals surface area contributed by atoms with Crippen molar-refractivity contribution in [1.82, 2.24) is 5.32 Å². The summed E-state index contributed by atoms with van der Waals surface area (Å²) in [6.45, 7) is 2.97. The predicted octanol–water partition coefficient (Wildman–Crippen LogP) is 2.33. The maximum absolute atomic E-state index is 11.5. The van der Waals surface area contributed by atoms with Crippen molar-refractivity contribution in [3.63, 3.8) is 0 Å². The van der Waals surface area contributed by atoms with Gasteiger partial charge in [0.25, 0.3) is 0 Å². The van der Waals surface area contributed by atoms with Gasteiger partial charge < -0.3 is 10.6 Å². The highest BCUT2D eigenvalue weighted by Crippen LogP contribution is 2.19. The molecule has 1 aromatic carbocycles. The normalized spacial score (nSPS) is 20.5. The molecule has 0 spiro atoms. The zero-order valence-corrected chi connectivity index (χ0v) is 10.3. The van der Waals surface area contributed by atoms with Crippen LogP contribution in [0.1, 0.15) is 31.7 Å². The number of para-hydroxylation sites is 1. The second kappa shape index (κ2) is 5.71. The van der Waals surface area contributed by atoms with Crippen LogP contribution in [0.2, 0.25) is 0 Å². The number of carbonyl (C=O) groups is 1. The van der Waals surface area contributed by atoms with Crippen LogP contribution in [-0.4, -0.2) is 18.5 Å². The Hall–Kier alpha value is -1.51. The Morgan fingerprint density at radius 1 is 1.41 bits per heavy atom. The number of hydrogen-bond donors (Lipinski definition) is 2. The van der Waals surface area contributed by atoms with Crippen molar-refractivity contribution in [3.8, 4) is 0 Å². The second-order valence-corrected chi connectivity index (χ2v) is 4.55. The van der Waals surface area contributed by atoms with Gasteiger partial charge in [0.2, 0.25) is 5.91 Å². The van der Waals surface area contributed by atoms with Gasteiger partial charge in [-0.1, -0.05) is 25.1 Å². The maximum Gasteiger partial charge on any atom is 0.222 e. The molecule has 0 aliphatic carbocycles. The number of benzene rings is 1. The molecule has 2 N–H and O–H groups in total. The quantitative estimate of drug-likeness (QED) is 0.839. The SMILES string of the molecule is CCc1ccccc1NC1CCCNC(=O)C1. The summed E-state index contributed by atoms with van der Waals surface area (Å²) in [6, 6.07) is 8.60. The average molecular weight is 232 g/mol. The van der Waals surface area contributed by atoms with Crippen LogP contribution >= 0.6 is 0 Å². The third-order valence-corrected chi connectivity index (χ3v) is 3.24. The Morgan fingerprint density at radius 2 is 2.24 bits per heavy atom. The van der Waals surface area contributed by atoms with Gasteiger partial charge in [-0.15, -0.1) is 0 Å². The molecule has 1 unspecified atom stereocenters. The summed E-state index contributed by atoms with van der Waals surface area (Å²) in [5.74, 6) is 0.161. The van der Waals surface area contributed by atoms with Crippen molar-refractivity contribution in [3.05, 3.63) is 29.8 Å². The largest absolute Gasteiger partial charge is 0.382 e. The predicted molar refractivity (Wildman–Crippen MR) is 70.1 cm³/mol. The first-order valence-corrected chi connectivity index (χ1v) is 6.40. The highest BCUT2D eigenvalue weighted by atomic mass is 16.1. The number of anilines is 1. The lowest BCUT2D eigenvalue weighted by Crippen LogP contribution is -2.27. The number of hydrogen-bond acceptors (Lipinski definition) is 2. The molecule has 1 heterocycles. The van der Waals surface area contributed by atoms with Crippen LogP contribution in [-0.2, 0) is 11.2 Å². The van der Waals surface area contributed by atoms with Gasteiger partial charge in [-0.25, -0.2) is 0 Å². The second-order valence-electron chi connectivity index (χ2n) is 4.55. The van der Waals surface area contributed by atoms with Crippen LogP contribution in [0.25, 0.3) is 0 Å². The summed E-state index contributed by atoms with van der Waals surface area (Å²) >= 11 is 0. The molecular formula is C14H20N2O. The molecule has 17 heavy (non-hydrogen) atoms. The van der Waals surface area contributed by atoms with Crippen molar-refractivity contribution in [2.75, 3.05) is 11.9 Å². The number of nitrogens with one attached hydrogen (secondary N) is 2. The molecular weight excluding hydrogens is 212 g/mol. The fourth-order valence-corrected chi connectivity index (χ4v) is 2.29. The summed E-state index contributed by atoms with van der Waals surface area (Å²) in [5, 5.41) is 6.42. The van der Waals surface area contributed by atoms with Crippen molar-refractivity contribution in [2.45, 2.75) is 38.6 Å². The summed E-state index contributed by atoms with van der Waals surface area (Å²) < 4.78 is 0. The Bertz CT molecular complexity index is 390. The minimum atomic E-state index is 0.161. The highest BCUT2D eigenvalue weighted by Gasteiger charge is 2.17. The highest BCUT2D eigenvalue weighted by molar-refractivity contribution is 5.77. The van der Waals surface area contributed by atoms with Gasteiger partial charge in [0.1, 0.15) is 0 Å². The third-order valence-electron chi connectivity index (χ3n) is 3.24. The third kappa shape index (κ3) is 3.22. The molecule has 2 rings (SSSR count). The van der Waals surface area contributed by atoms with Crippen LogP contribution in [0.5, 0.6) is 0 Å². The molecule has 0 radical (unpaired) electrons. The van der Waals surface area contributed by atoms with E-state index in [9.17, 15) is 4.79 Å². The first-order valence-electron chi connectivity index (χ1n) is 6.40. The van der Waals surface area contributed by atoms with E-state index in [1.54, 1.807) is 0 Å². The van der Waals surface area contributed by atoms with Gasteiger partial charge in [-0.2, -0.15) is 0 Å². The van der Waals surface area contributed by atoms with Crippen molar-refractivity contribution in [2.24, 2.45) is 0 Å². The zero-order chi connectivity index (χ0) is 12.1. The maximum atomic E-state index is 11.5. The average Bonchev–Trinajstić information content (AvgIpc) is 2.54. The van der Waals surface area contributed by atoms with Gasteiger partial charge >= 0.3 is 0 Å². The molecule has 1 aliphatic rings. The lowest BCUT2D eigenvalue weighted by atomic mass is 10.1. The summed E-state index contributed by atoms with van der Waals surface area (Å²) in [6.07, 6.45) is 3.70. The summed E-state index contributed by atoms with van der Waals surface area (Å²) in [5.41, 5.74) is 2.49. The summed E-state index contributed by atoms with van der Waals surface area (Å²) in [4.78, 5) is 11.5. The number of amides is 1. The van der Waals surface area contributed by atoms with E-state index in [0.717, 1.165) is 25.8 Å². The monoisotopic (exact) mass is 232 g/mol. The van der Waals surface area contributed by atoms with Crippen molar-refractivity contribution in [1.29, 1.82) is 0 Å². The van der Waals surface area contributed by atoms with Gasteiger partial charge in [0.05, 0.1) is 0 Å². The number of rotatable bonds is 3. The van der Waals surface area contributed by atoms with Crippen molar-refractivity contribution >= 4 is 11.6 Å². The number of carbonyl (C=O) groups excluding carboxylic acids is 1. The Labute approximate surface area is 103 Å². The molecule has 3 nitrogen and oxygen atoms in total. The number of aryl methyl sites for hydroxylation is 1. The Morgan fingerprint density at radius 3 is 3.06 bits per heavy atom. The summed E-state index contributed by atoms with van der Waals surface area (Å²) in [7, 11) is 0. The minimum absolute atomic E-state index is 0.161. The first-order chi connectivity index (χ1) is 8.29. The molecule has 1 atom stereocenters. The smallest absolute Gasteiger partial charge is 0.222 e. The van der Waals surface area contributed by atoms with E-state index >= 15 is 0 Å². The van der Waals surface area contributed by atoms with Gasteiger partial charge in [-0.3, -0.25) is 4.79 Å². The molecule has 1 saturated heterocycles. The van der Waals surface area contributed by atoms with Crippen LogP contribution in [0, 0.1) is 0 Å². The Balaban J connectivity index is 2.06. The van der Waals surface area contributed by atoms with E-state index in [-0.39, 0.29) is 11.9 Å². The van der Waals surface area contributed by atoms with E-state index in [2.05, 4.69) is 35.8 Å². The van der Waals surface area contributed by atoms with Crippen LogP contribution in [0.15, 0.2) is 24.3 Å². The first kappa shape index (κ1) is 12.0. The molecule has 0 aromatic heterocycles. The van der Waals surface area contributed by atoms with E-state index in [1.807, 2.05) is 6.07 Å². The molecule has 1 amide bonds. The van der Waals surface area contributed by atoms with Crippen LogP contribution in [0.4, 0.5) is 5.69 Å². The fraction of sp³-hybridized carbons (Fsp3) is 0.500. The van der Waals surface area contributed by atoms with E-state index in [4.69, 9.17) is 0 Å². The zero-order valence-electron chi connectivity index (χ0n) is 10.3. The van der Waals surface area contributed by atoms with Crippen LogP contribution < -0.4 is 10.6 Å². The molecule has 0 bridgehead atoms. The Kier molecular flexibility index (Phi) is 4.02.